The molecule has 0 fully saturated rings. The van der Waals surface area contributed by atoms with Crippen molar-refractivity contribution in [2.45, 2.75) is 19.8 Å². The van der Waals surface area contributed by atoms with Crippen molar-refractivity contribution >= 4 is 11.4 Å². The zero-order valence-corrected chi connectivity index (χ0v) is 9.38. The maximum atomic E-state index is 9.62. The van der Waals surface area contributed by atoms with Gasteiger partial charge in [0.2, 0.25) is 0 Å². The van der Waals surface area contributed by atoms with Gasteiger partial charge in [-0.25, -0.2) is 0 Å². The molecule has 0 saturated heterocycles. The highest BCUT2D eigenvalue weighted by molar-refractivity contribution is 5.77. The molecule has 82 valence electrons. The zero-order chi connectivity index (χ0) is 10.8. The minimum atomic E-state index is 0.361. The normalized spacial score (nSPS) is 14.7. The molecule has 2 rings (SSSR count). The van der Waals surface area contributed by atoms with Crippen LogP contribution in [0, 0.1) is 0 Å². The predicted octanol–water partition coefficient (Wildman–Crippen LogP) is 2.21. The fraction of sp³-hybridized carbons (Fsp3) is 0.500. The van der Waals surface area contributed by atoms with Gasteiger partial charge in [-0.3, -0.25) is 0 Å². The van der Waals surface area contributed by atoms with Crippen molar-refractivity contribution in [1.82, 2.24) is 0 Å². The largest absolute Gasteiger partial charge is 0.508 e. The lowest BCUT2D eigenvalue weighted by Gasteiger charge is -2.31. The first-order valence-corrected chi connectivity index (χ1v) is 5.53. The number of rotatable bonds is 2. The molecule has 0 aromatic heterocycles. The molecule has 0 spiro atoms. The van der Waals surface area contributed by atoms with Crippen molar-refractivity contribution in [3.05, 3.63) is 17.7 Å². The second kappa shape index (κ2) is 4.01. The molecule has 0 saturated carbocycles. The fourth-order valence-corrected chi connectivity index (χ4v) is 2.19. The molecule has 0 radical (unpaired) electrons. The van der Waals surface area contributed by atoms with E-state index in [4.69, 9.17) is 0 Å². The molecule has 2 N–H and O–H groups in total. The van der Waals surface area contributed by atoms with Crippen LogP contribution in [0.1, 0.15) is 18.9 Å². The Morgan fingerprint density at radius 2 is 2.27 bits per heavy atom. The van der Waals surface area contributed by atoms with Gasteiger partial charge in [0.05, 0.1) is 11.4 Å². The molecule has 1 aliphatic heterocycles. The number of anilines is 2. The van der Waals surface area contributed by atoms with E-state index in [9.17, 15) is 5.11 Å². The lowest BCUT2D eigenvalue weighted by molar-refractivity contribution is 0.474. The van der Waals surface area contributed by atoms with Crippen molar-refractivity contribution < 1.29 is 5.11 Å². The van der Waals surface area contributed by atoms with E-state index in [2.05, 4.69) is 24.2 Å². The number of hydrogen-bond acceptors (Lipinski definition) is 3. The van der Waals surface area contributed by atoms with Crippen LogP contribution in [0.4, 0.5) is 11.4 Å². The molecule has 1 aromatic rings. The van der Waals surface area contributed by atoms with Crippen molar-refractivity contribution in [2.24, 2.45) is 0 Å². The Morgan fingerprint density at radius 1 is 1.47 bits per heavy atom. The molecule has 0 unspecified atom stereocenters. The molecule has 0 aliphatic carbocycles. The average molecular weight is 206 g/mol. The van der Waals surface area contributed by atoms with Crippen LogP contribution in [0.15, 0.2) is 12.1 Å². The number of nitrogens with zero attached hydrogens (tertiary/aromatic N) is 1. The van der Waals surface area contributed by atoms with Crippen molar-refractivity contribution in [2.75, 3.05) is 30.4 Å². The number of benzene rings is 1. The highest BCUT2D eigenvalue weighted by Crippen LogP contribution is 2.36. The summed E-state index contributed by atoms with van der Waals surface area (Å²) in [5, 5.41) is 13.0. The van der Waals surface area contributed by atoms with E-state index in [1.807, 2.05) is 12.1 Å². The summed E-state index contributed by atoms with van der Waals surface area (Å²) in [5.74, 6) is 0.361. The number of hydrogen-bond donors (Lipinski definition) is 2. The summed E-state index contributed by atoms with van der Waals surface area (Å²) in [6, 6.07) is 3.69. The first kappa shape index (κ1) is 10.1. The molecule has 3 heteroatoms. The van der Waals surface area contributed by atoms with Crippen LogP contribution in [0.2, 0.25) is 0 Å². The van der Waals surface area contributed by atoms with E-state index in [1.165, 1.54) is 11.3 Å². The molecule has 0 amide bonds. The van der Waals surface area contributed by atoms with Gasteiger partial charge < -0.3 is 15.3 Å². The molecule has 0 atom stereocenters. The van der Waals surface area contributed by atoms with Crippen molar-refractivity contribution in [1.29, 1.82) is 0 Å². The van der Waals surface area contributed by atoms with Gasteiger partial charge in [0.25, 0.3) is 0 Å². The number of phenols is 1. The highest BCUT2D eigenvalue weighted by atomic mass is 16.3. The average Bonchev–Trinajstić information content (AvgIpc) is 2.17. The van der Waals surface area contributed by atoms with Gasteiger partial charge >= 0.3 is 0 Å². The van der Waals surface area contributed by atoms with Crippen LogP contribution in [0.5, 0.6) is 5.75 Å². The molecular formula is C12H18N2O. The number of phenolic OH excluding ortho intramolecular Hbond substituents is 1. The third-order valence-corrected chi connectivity index (χ3v) is 2.84. The Labute approximate surface area is 90.7 Å². The highest BCUT2D eigenvalue weighted by Gasteiger charge is 2.17. The summed E-state index contributed by atoms with van der Waals surface area (Å²) in [4.78, 5) is 2.26. The van der Waals surface area contributed by atoms with Gasteiger partial charge in [0, 0.05) is 26.2 Å². The topological polar surface area (TPSA) is 35.5 Å². The SMILES string of the molecule is CCCc1cc(O)cc2c1N(C)CCN2. The van der Waals surface area contributed by atoms with E-state index in [0.29, 0.717) is 5.75 Å². The maximum absolute atomic E-state index is 9.62. The molecule has 1 heterocycles. The van der Waals surface area contributed by atoms with Crippen molar-refractivity contribution in [3.63, 3.8) is 0 Å². The minimum absolute atomic E-state index is 0.361. The van der Waals surface area contributed by atoms with Gasteiger partial charge in [-0.15, -0.1) is 0 Å². The Morgan fingerprint density at radius 3 is 3.00 bits per heavy atom. The smallest absolute Gasteiger partial charge is 0.118 e. The van der Waals surface area contributed by atoms with E-state index >= 15 is 0 Å². The van der Waals surface area contributed by atoms with E-state index < -0.39 is 0 Å². The number of aryl methyl sites for hydroxylation is 1. The zero-order valence-electron chi connectivity index (χ0n) is 9.38. The molecule has 3 nitrogen and oxygen atoms in total. The Kier molecular flexibility index (Phi) is 2.71. The third kappa shape index (κ3) is 1.87. The van der Waals surface area contributed by atoms with Crippen LogP contribution in [0.25, 0.3) is 0 Å². The van der Waals surface area contributed by atoms with Gasteiger partial charge in [0.1, 0.15) is 5.75 Å². The lowest BCUT2D eigenvalue weighted by Crippen LogP contribution is -2.31. The molecular weight excluding hydrogens is 188 g/mol. The summed E-state index contributed by atoms with van der Waals surface area (Å²) in [6.45, 7) is 4.12. The van der Waals surface area contributed by atoms with E-state index in [1.54, 1.807) is 0 Å². The summed E-state index contributed by atoms with van der Waals surface area (Å²) < 4.78 is 0. The van der Waals surface area contributed by atoms with Gasteiger partial charge in [0.15, 0.2) is 0 Å². The minimum Gasteiger partial charge on any atom is -0.508 e. The monoisotopic (exact) mass is 206 g/mol. The lowest BCUT2D eigenvalue weighted by atomic mass is 10.0. The molecule has 1 aromatic carbocycles. The van der Waals surface area contributed by atoms with Crippen LogP contribution in [-0.2, 0) is 6.42 Å². The summed E-state index contributed by atoms with van der Waals surface area (Å²) in [6.07, 6.45) is 2.12. The maximum Gasteiger partial charge on any atom is 0.118 e. The second-order valence-electron chi connectivity index (χ2n) is 4.10. The third-order valence-electron chi connectivity index (χ3n) is 2.84. The molecule has 1 aliphatic rings. The number of likely N-dealkylation sites (N-methyl/N-ethyl adjacent to an activating group) is 1. The van der Waals surface area contributed by atoms with E-state index in [0.717, 1.165) is 31.6 Å². The summed E-state index contributed by atoms with van der Waals surface area (Å²) in [5.41, 5.74) is 3.55. The summed E-state index contributed by atoms with van der Waals surface area (Å²) in [7, 11) is 2.11. The van der Waals surface area contributed by atoms with Crippen LogP contribution >= 0.6 is 0 Å². The van der Waals surface area contributed by atoms with Crippen LogP contribution < -0.4 is 10.2 Å². The quantitative estimate of drug-likeness (QED) is 0.778. The Hall–Kier alpha value is -1.38. The Bertz CT molecular complexity index is 363. The second-order valence-corrected chi connectivity index (χ2v) is 4.10. The van der Waals surface area contributed by atoms with Gasteiger partial charge in [-0.2, -0.15) is 0 Å². The number of fused-ring (bicyclic) bond motifs is 1. The summed E-state index contributed by atoms with van der Waals surface area (Å²) >= 11 is 0. The Balaban J connectivity index is 2.48. The number of aromatic hydroxyl groups is 1. The van der Waals surface area contributed by atoms with E-state index in [-0.39, 0.29) is 0 Å². The fourth-order valence-electron chi connectivity index (χ4n) is 2.19. The van der Waals surface area contributed by atoms with Crippen molar-refractivity contribution in [3.8, 4) is 5.75 Å². The van der Waals surface area contributed by atoms with Crippen LogP contribution in [0.3, 0.4) is 0 Å². The van der Waals surface area contributed by atoms with Crippen LogP contribution in [-0.4, -0.2) is 25.2 Å². The van der Waals surface area contributed by atoms with Gasteiger partial charge in [-0.05, 0) is 18.1 Å². The molecule has 0 bridgehead atoms. The van der Waals surface area contributed by atoms with Gasteiger partial charge in [-0.1, -0.05) is 13.3 Å². The predicted molar refractivity (Wildman–Crippen MR) is 63.9 cm³/mol. The molecule has 15 heavy (non-hydrogen) atoms. The number of nitrogens with one attached hydrogen (secondary N) is 1. The first-order valence-electron chi connectivity index (χ1n) is 5.53. The standard InChI is InChI=1S/C12H18N2O/c1-3-4-9-7-10(15)8-11-12(9)14(2)6-5-13-11/h7-8,13,15H,3-6H2,1-2H3. The first-order chi connectivity index (χ1) is 7.22.